The summed E-state index contributed by atoms with van der Waals surface area (Å²) in [5.74, 6) is 0.653. The number of likely N-dealkylation sites (N-methyl/N-ethyl adjacent to an activating group) is 3. The molecule has 0 aliphatic carbocycles. The van der Waals surface area contributed by atoms with E-state index in [1.54, 1.807) is 11.0 Å². The second-order valence-electron chi connectivity index (χ2n) is 7.35. The summed E-state index contributed by atoms with van der Waals surface area (Å²) in [6.07, 6.45) is 0. The molecule has 0 spiro atoms. The third-order valence-corrected chi connectivity index (χ3v) is 4.63. The number of hydrogen-bond donors (Lipinski definition) is 2. The van der Waals surface area contributed by atoms with E-state index in [2.05, 4.69) is 15.6 Å². The SMILES string of the molecule is CCNC(=NCc1cccc(C(=O)NCCN(C)C)c1)N(C)CC(=O)N(CC)CC.I. The molecule has 0 radical (unpaired) electrons. The number of nitrogens with one attached hydrogen (secondary N) is 2. The van der Waals surface area contributed by atoms with Gasteiger partial charge in [-0.15, -0.1) is 24.0 Å². The molecule has 0 heterocycles. The van der Waals surface area contributed by atoms with E-state index in [4.69, 9.17) is 0 Å². The maximum absolute atomic E-state index is 12.4. The van der Waals surface area contributed by atoms with E-state index < -0.39 is 0 Å². The average Bonchev–Trinajstić information content (AvgIpc) is 2.71. The van der Waals surface area contributed by atoms with Crippen LogP contribution in [0, 0.1) is 0 Å². The minimum atomic E-state index is -0.0866. The number of aliphatic imine (C=N–C) groups is 1. The molecule has 1 aromatic rings. The summed E-state index contributed by atoms with van der Waals surface area (Å²) >= 11 is 0. The minimum Gasteiger partial charge on any atom is -0.357 e. The second-order valence-corrected chi connectivity index (χ2v) is 7.35. The molecule has 0 bridgehead atoms. The number of halogens is 1. The lowest BCUT2D eigenvalue weighted by Gasteiger charge is -2.25. The van der Waals surface area contributed by atoms with Crippen molar-refractivity contribution >= 4 is 41.8 Å². The molecule has 176 valence electrons. The van der Waals surface area contributed by atoms with E-state index >= 15 is 0 Å². The van der Waals surface area contributed by atoms with Crippen molar-refractivity contribution in [3.63, 3.8) is 0 Å². The highest BCUT2D eigenvalue weighted by Gasteiger charge is 2.15. The van der Waals surface area contributed by atoms with E-state index in [0.717, 1.165) is 12.1 Å². The molecule has 0 aliphatic heterocycles. The smallest absolute Gasteiger partial charge is 0.251 e. The van der Waals surface area contributed by atoms with Crippen molar-refractivity contribution in [1.82, 2.24) is 25.3 Å². The number of carbonyl (C=O) groups is 2. The van der Waals surface area contributed by atoms with Gasteiger partial charge in [-0.3, -0.25) is 9.59 Å². The molecule has 1 aromatic carbocycles. The van der Waals surface area contributed by atoms with Crippen LogP contribution in [0.4, 0.5) is 0 Å². The summed E-state index contributed by atoms with van der Waals surface area (Å²) in [4.78, 5) is 35.1. The maximum atomic E-state index is 12.4. The Morgan fingerprint density at radius 2 is 1.71 bits per heavy atom. The topological polar surface area (TPSA) is 80.3 Å². The van der Waals surface area contributed by atoms with Crippen molar-refractivity contribution in [2.45, 2.75) is 27.3 Å². The number of hydrogen-bond acceptors (Lipinski definition) is 4. The van der Waals surface area contributed by atoms with Crippen LogP contribution in [0.2, 0.25) is 0 Å². The lowest BCUT2D eigenvalue weighted by Crippen LogP contribution is -2.45. The quantitative estimate of drug-likeness (QED) is 0.252. The molecule has 0 unspecified atom stereocenters. The van der Waals surface area contributed by atoms with Crippen LogP contribution in [0.1, 0.15) is 36.7 Å². The van der Waals surface area contributed by atoms with Crippen LogP contribution in [0.25, 0.3) is 0 Å². The molecule has 0 atom stereocenters. The molecule has 0 saturated carbocycles. The summed E-state index contributed by atoms with van der Waals surface area (Å²) in [5.41, 5.74) is 1.56. The van der Waals surface area contributed by atoms with Crippen molar-refractivity contribution in [2.75, 3.05) is 60.4 Å². The highest BCUT2D eigenvalue weighted by molar-refractivity contribution is 14.0. The monoisotopic (exact) mass is 546 g/mol. The predicted molar refractivity (Wildman–Crippen MR) is 138 cm³/mol. The average molecular weight is 546 g/mol. The number of nitrogens with zero attached hydrogens (tertiary/aromatic N) is 4. The lowest BCUT2D eigenvalue weighted by molar-refractivity contribution is -0.131. The Morgan fingerprint density at radius 1 is 1.03 bits per heavy atom. The number of amides is 2. The van der Waals surface area contributed by atoms with E-state index in [1.165, 1.54) is 0 Å². The Hall–Kier alpha value is -1.88. The van der Waals surface area contributed by atoms with Gasteiger partial charge in [0.05, 0.1) is 13.1 Å². The van der Waals surface area contributed by atoms with Gasteiger partial charge < -0.3 is 25.3 Å². The second kappa shape index (κ2) is 15.9. The first-order valence-corrected chi connectivity index (χ1v) is 10.6. The number of benzene rings is 1. The van der Waals surface area contributed by atoms with Crippen LogP contribution in [0.3, 0.4) is 0 Å². The summed E-state index contributed by atoms with van der Waals surface area (Å²) in [5, 5.41) is 6.16. The Morgan fingerprint density at radius 3 is 2.29 bits per heavy atom. The Bertz CT molecular complexity index is 707. The first-order chi connectivity index (χ1) is 14.3. The van der Waals surface area contributed by atoms with Crippen LogP contribution in [-0.2, 0) is 11.3 Å². The molecule has 2 amide bonds. The van der Waals surface area contributed by atoms with Crippen molar-refractivity contribution in [3.05, 3.63) is 35.4 Å². The number of carbonyl (C=O) groups excluding carboxylic acids is 2. The van der Waals surface area contributed by atoms with Crippen molar-refractivity contribution in [1.29, 1.82) is 0 Å². The molecule has 0 aliphatic rings. The van der Waals surface area contributed by atoms with Crippen LogP contribution < -0.4 is 10.6 Å². The summed E-state index contributed by atoms with van der Waals surface area (Å²) in [6.45, 7) is 10.1. The van der Waals surface area contributed by atoms with Crippen LogP contribution in [0.15, 0.2) is 29.3 Å². The summed E-state index contributed by atoms with van der Waals surface area (Å²) in [6, 6.07) is 7.48. The van der Waals surface area contributed by atoms with Gasteiger partial charge in [0.15, 0.2) is 5.96 Å². The molecule has 0 saturated heterocycles. The zero-order chi connectivity index (χ0) is 22.5. The molecule has 8 nitrogen and oxygen atoms in total. The summed E-state index contributed by atoms with van der Waals surface area (Å²) < 4.78 is 0. The van der Waals surface area contributed by atoms with Gasteiger partial charge in [0.1, 0.15) is 0 Å². The van der Waals surface area contributed by atoms with Crippen LogP contribution >= 0.6 is 24.0 Å². The van der Waals surface area contributed by atoms with Gasteiger partial charge >= 0.3 is 0 Å². The van der Waals surface area contributed by atoms with Crippen molar-refractivity contribution in [3.8, 4) is 0 Å². The van der Waals surface area contributed by atoms with Gasteiger partial charge in [-0.25, -0.2) is 4.99 Å². The molecular weight excluding hydrogens is 507 g/mol. The maximum Gasteiger partial charge on any atom is 0.251 e. The minimum absolute atomic E-state index is 0. The van der Waals surface area contributed by atoms with Gasteiger partial charge in [-0.2, -0.15) is 0 Å². The Labute approximate surface area is 204 Å². The van der Waals surface area contributed by atoms with Crippen molar-refractivity contribution in [2.24, 2.45) is 4.99 Å². The fourth-order valence-electron chi connectivity index (χ4n) is 2.90. The molecule has 31 heavy (non-hydrogen) atoms. The molecule has 1 rings (SSSR count). The van der Waals surface area contributed by atoms with E-state index in [0.29, 0.717) is 44.2 Å². The Kier molecular flexibility index (Phi) is 14.9. The zero-order valence-corrected chi connectivity index (χ0v) is 22.1. The van der Waals surface area contributed by atoms with Crippen LogP contribution in [0.5, 0.6) is 0 Å². The molecule has 9 heteroatoms. The van der Waals surface area contributed by atoms with Gasteiger partial charge in [-0.05, 0) is 52.6 Å². The van der Waals surface area contributed by atoms with E-state index in [-0.39, 0.29) is 42.3 Å². The van der Waals surface area contributed by atoms with Gasteiger partial charge in [0.2, 0.25) is 5.91 Å². The highest BCUT2D eigenvalue weighted by atomic mass is 127. The fraction of sp³-hybridized carbons (Fsp3) is 0.591. The molecular formula is C22H39IN6O2. The molecule has 0 fully saturated rings. The first kappa shape index (κ1) is 29.1. The molecule has 0 aromatic heterocycles. The molecule has 2 N–H and O–H groups in total. The highest BCUT2D eigenvalue weighted by Crippen LogP contribution is 2.07. The fourth-order valence-corrected chi connectivity index (χ4v) is 2.90. The van der Waals surface area contributed by atoms with Crippen molar-refractivity contribution < 1.29 is 9.59 Å². The van der Waals surface area contributed by atoms with Crippen LogP contribution in [-0.4, -0.2) is 92.9 Å². The number of guanidine groups is 1. The third kappa shape index (κ3) is 10.8. The predicted octanol–water partition coefficient (Wildman–Crippen LogP) is 1.86. The standard InChI is InChI=1S/C22H38N6O2.HI/c1-7-23-22(27(6)17-20(29)28(8-2)9-3)25-16-18-11-10-12-19(15-18)21(30)24-13-14-26(4)5;/h10-12,15H,7-9,13-14,16-17H2,1-6H3,(H,23,25)(H,24,30);1H. The lowest BCUT2D eigenvalue weighted by atomic mass is 10.1. The van der Waals surface area contributed by atoms with Gasteiger partial charge in [0.25, 0.3) is 5.91 Å². The van der Waals surface area contributed by atoms with E-state index in [9.17, 15) is 9.59 Å². The third-order valence-electron chi connectivity index (χ3n) is 4.63. The first-order valence-electron chi connectivity index (χ1n) is 10.6. The van der Waals surface area contributed by atoms with E-state index in [1.807, 2.05) is 69.9 Å². The Balaban J connectivity index is 0.00000900. The van der Waals surface area contributed by atoms with Gasteiger partial charge in [0, 0.05) is 45.3 Å². The normalized spacial score (nSPS) is 11.0. The van der Waals surface area contributed by atoms with Gasteiger partial charge in [-0.1, -0.05) is 12.1 Å². The largest absolute Gasteiger partial charge is 0.357 e. The zero-order valence-electron chi connectivity index (χ0n) is 19.8. The summed E-state index contributed by atoms with van der Waals surface area (Å²) in [7, 11) is 5.80. The number of rotatable bonds is 11.